The predicted octanol–water partition coefficient (Wildman–Crippen LogP) is 1.27. The molecule has 27 heavy (non-hydrogen) atoms. The molecule has 0 unspecified atom stereocenters. The van der Waals surface area contributed by atoms with Crippen LogP contribution in [0.4, 0.5) is 16.3 Å². The van der Waals surface area contributed by atoms with E-state index in [0.717, 1.165) is 48.6 Å². The fraction of sp³-hybridized carbons (Fsp3) is 0.526. The Labute approximate surface area is 159 Å². The lowest BCUT2D eigenvalue weighted by molar-refractivity contribution is 0.0428. The van der Waals surface area contributed by atoms with E-state index in [9.17, 15) is 4.79 Å². The zero-order valence-electron chi connectivity index (χ0n) is 16.0. The molecule has 0 N–H and O–H groups in total. The number of rotatable bonds is 2. The van der Waals surface area contributed by atoms with Crippen LogP contribution in [0.1, 0.15) is 0 Å². The normalized spacial score (nSPS) is 18.1. The van der Waals surface area contributed by atoms with E-state index < -0.39 is 0 Å². The highest BCUT2D eigenvalue weighted by Gasteiger charge is 2.26. The van der Waals surface area contributed by atoms with E-state index in [-0.39, 0.29) is 6.03 Å². The molecular weight excluding hydrogens is 344 g/mol. The van der Waals surface area contributed by atoms with Crippen LogP contribution < -0.4 is 9.80 Å². The van der Waals surface area contributed by atoms with E-state index in [1.54, 1.807) is 6.33 Å². The van der Waals surface area contributed by atoms with Gasteiger partial charge in [0.05, 0.1) is 18.7 Å². The number of morpholine rings is 1. The number of fused-ring (bicyclic) bond motifs is 1. The zero-order chi connectivity index (χ0) is 18.8. The second kappa shape index (κ2) is 7.56. The third-order valence-electron chi connectivity index (χ3n) is 5.22. The van der Waals surface area contributed by atoms with E-state index >= 15 is 0 Å². The lowest BCUT2D eigenvalue weighted by atomic mass is 10.1. The minimum absolute atomic E-state index is 0.139. The van der Waals surface area contributed by atoms with Crippen molar-refractivity contribution in [1.29, 1.82) is 0 Å². The molecule has 2 aliphatic heterocycles. The van der Waals surface area contributed by atoms with Gasteiger partial charge in [0.2, 0.25) is 0 Å². The van der Waals surface area contributed by atoms with Crippen molar-refractivity contribution in [2.24, 2.45) is 0 Å². The molecule has 2 fully saturated rings. The number of carbonyl (C=O) groups is 1. The smallest absolute Gasteiger partial charge is 0.320 e. The van der Waals surface area contributed by atoms with Crippen molar-refractivity contribution in [2.45, 2.75) is 0 Å². The van der Waals surface area contributed by atoms with E-state index in [0.29, 0.717) is 26.3 Å². The molecule has 8 heteroatoms. The Morgan fingerprint density at radius 1 is 1.00 bits per heavy atom. The fourth-order valence-electron chi connectivity index (χ4n) is 3.69. The number of benzene rings is 1. The van der Waals surface area contributed by atoms with Crippen molar-refractivity contribution in [1.82, 2.24) is 19.8 Å². The van der Waals surface area contributed by atoms with Gasteiger partial charge in [0.1, 0.15) is 12.1 Å². The maximum absolute atomic E-state index is 12.6. The van der Waals surface area contributed by atoms with Gasteiger partial charge < -0.3 is 24.3 Å². The summed E-state index contributed by atoms with van der Waals surface area (Å²) in [5, 5.41) is 1.05. The molecule has 2 saturated heterocycles. The quantitative estimate of drug-likeness (QED) is 0.793. The molecule has 2 aromatic rings. The average molecular weight is 370 g/mol. The van der Waals surface area contributed by atoms with Crippen molar-refractivity contribution in [2.75, 3.05) is 76.4 Å². The molecule has 8 nitrogen and oxygen atoms in total. The number of ether oxygens (including phenoxy) is 1. The van der Waals surface area contributed by atoms with Gasteiger partial charge in [0, 0.05) is 64.4 Å². The number of amides is 2. The maximum atomic E-state index is 12.6. The first-order valence-corrected chi connectivity index (χ1v) is 9.42. The summed E-state index contributed by atoms with van der Waals surface area (Å²) in [4.78, 5) is 29.6. The largest absolute Gasteiger partial charge is 0.378 e. The highest BCUT2D eigenvalue weighted by atomic mass is 16.5. The molecule has 0 saturated carbocycles. The van der Waals surface area contributed by atoms with Gasteiger partial charge in [-0.05, 0) is 18.2 Å². The van der Waals surface area contributed by atoms with Crippen molar-refractivity contribution >= 4 is 28.4 Å². The molecule has 2 aliphatic rings. The first kappa shape index (κ1) is 17.8. The zero-order valence-corrected chi connectivity index (χ0v) is 16.0. The molecular formula is C19H26N6O2. The SMILES string of the molecule is CN(C)c1ncnc2ccc(N3CCN(C(=O)N4CCOCC4)CC3)cc12. The number of hydrogen-bond acceptors (Lipinski definition) is 6. The maximum Gasteiger partial charge on any atom is 0.320 e. The third kappa shape index (κ3) is 3.62. The molecule has 2 amide bonds. The van der Waals surface area contributed by atoms with Crippen LogP contribution in [-0.4, -0.2) is 92.4 Å². The van der Waals surface area contributed by atoms with E-state index in [4.69, 9.17) is 4.74 Å². The molecule has 0 spiro atoms. The summed E-state index contributed by atoms with van der Waals surface area (Å²) in [5.41, 5.74) is 2.09. The molecule has 0 bridgehead atoms. The number of piperazine rings is 1. The Balaban J connectivity index is 1.46. The molecule has 1 aromatic carbocycles. The van der Waals surface area contributed by atoms with Crippen LogP contribution in [0.5, 0.6) is 0 Å². The molecule has 4 rings (SSSR count). The second-order valence-electron chi connectivity index (χ2n) is 7.15. The Hall–Kier alpha value is -2.61. The van der Waals surface area contributed by atoms with E-state index in [1.807, 2.05) is 34.9 Å². The lowest BCUT2D eigenvalue weighted by Crippen LogP contribution is -2.54. The van der Waals surface area contributed by atoms with Crippen LogP contribution in [0.2, 0.25) is 0 Å². The molecule has 1 aromatic heterocycles. The van der Waals surface area contributed by atoms with Crippen LogP contribution in [0, 0.1) is 0 Å². The second-order valence-corrected chi connectivity index (χ2v) is 7.15. The van der Waals surface area contributed by atoms with Crippen LogP contribution in [0.3, 0.4) is 0 Å². The predicted molar refractivity (Wildman–Crippen MR) is 105 cm³/mol. The Bertz CT molecular complexity index is 813. The molecule has 144 valence electrons. The van der Waals surface area contributed by atoms with Gasteiger partial charge in [-0.1, -0.05) is 0 Å². The Morgan fingerprint density at radius 2 is 1.70 bits per heavy atom. The molecule has 0 aliphatic carbocycles. The van der Waals surface area contributed by atoms with Crippen molar-refractivity contribution in [3.05, 3.63) is 24.5 Å². The number of hydrogen-bond donors (Lipinski definition) is 0. The first-order chi connectivity index (χ1) is 13.1. The lowest BCUT2D eigenvalue weighted by Gasteiger charge is -2.39. The summed E-state index contributed by atoms with van der Waals surface area (Å²) in [6.45, 7) is 5.78. The summed E-state index contributed by atoms with van der Waals surface area (Å²) >= 11 is 0. The number of anilines is 2. The van der Waals surface area contributed by atoms with Gasteiger partial charge in [-0.2, -0.15) is 0 Å². The van der Waals surface area contributed by atoms with E-state index in [2.05, 4.69) is 27.0 Å². The number of urea groups is 1. The van der Waals surface area contributed by atoms with Crippen LogP contribution in [-0.2, 0) is 4.74 Å². The minimum Gasteiger partial charge on any atom is -0.378 e. The van der Waals surface area contributed by atoms with Crippen molar-refractivity contribution < 1.29 is 9.53 Å². The van der Waals surface area contributed by atoms with Crippen molar-refractivity contribution in [3.63, 3.8) is 0 Å². The van der Waals surface area contributed by atoms with Gasteiger partial charge in [-0.3, -0.25) is 0 Å². The van der Waals surface area contributed by atoms with Crippen molar-refractivity contribution in [3.8, 4) is 0 Å². The highest BCUT2D eigenvalue weighted by Crippen LogP contribution is 2.27. The molecule has 0 atom stereocenters. The Morgan fingerprint density at radius 3 is 2.41 bits per heavy atom. The van der Waals surface area contributed by atoms with Gasteiger partial charge in [0.25, 0.3) is 0 Å². The molecule has 0 radical (unpaired) electrons. The third-order valence-corrected chi connectivity index (χ3v) is 5.22. The minimum atomic E-state index is 0.139. The fourth-order valence-corrected chi connectivity index (χ4v) is 3.69. The van der Waals surface area contributed by atoms with Crippen LogP contribution in [0.15, 0.2) is 24.5 Å². The summed E-state index contributed by atoms with van der Waals surface area (Å²) < 4.78 is 5.34. The van der Waals surface area contributed by atoms with Gasteiger partial charge >= 0.3 is 6.03 Å². The Kier molecular flexibility index (Phi) is 4.98. The first-order valence-electron chi connectivity index (χ1n) is 9.42. The standard InChI is InChI=1S/C19H26N6O2/c1-22(2)18-16-13-15(3-4-17(16)20-14-21-18)23-5-7-24(8-6-23)19(26)25-9-11-27-12-10-25/h3-4,13-14H,5-12H2,1-2H3. The molecule has 3 heterocycles. The van der Waals surface area contributed by atoms with Gasteiger partial charge in [0.15, 0.2) is 0 Å². The summed E-state index contributed by atoms with van der Waals surface area (Å²) in [7, 11) is 3.98. The summed E-state index contributed by atoms with van der Waals surface area (Å²) in [6.07, 6.45) is 1.60. The monoisotopic (exact) mass is 370 g/mol. The van der Waals surface area contributed by atoms with Crippen LogP contribution >= 0.6 is 0 Å². The van der Waals surface area contributed by atoms with Gasteiger partial charge in [-0.15, -0.1) is 0 Å². The summed E-state index contributed by atoms with van der Waals surface area (Å²) in [5.74, 6) is 0.919. The van der Waals surface area contributed by atoms with Crippen LogP contribution in [0.25, 0.3) is 10.9 Å². The summed E-state index contributed by atoms with van der Waals surface area (Å²) in [6, 6.07) is 6.45. The highest BCUT2D eigenvalue weighted by molar-refractivity contribution is 5.91. The average Bonchev–Trinajstić information content (AvgIpc) is 2.73. The van der Waals surface area contributed by atoms with Gasteiger partial charge in [-0.25, -0.2) is 14.8 Å². The number of aromatic nitrogens is 2. The topological polar surface area (TPSA) is 65.0 Å². The number of carbonyl (C=O) groups excluding carboxylic acids is 1. The van der Waals surface area contributed by atoms with E-state index in [1.165, 1.54) is 0 Å². The number of nitrogens with zero attached hydrogens (tertiary/aromatic N) is 6.